The third kappa shape index (κ3) is 4.81. The molecule has 0 radical (unpaired) electrons. The van der Waals surface area contributed by atoms with Crippen molar-refractivity contribution in [1.29, 1.82) is 0 Å². The van der Waals surface area contributed by atoms with Gasteiger partial charge in [0.15, 0.2) is 0 Å². The van der Waals surface area contributed by atoms with Crippen molar-refractivity contribution in [3.63, 3.8) is 0 Å². The van der Waals surface area contributed by atoms with Gasteiger partial charge in [0.1, 0.15) is 0 Å². The first-order chi connectivity index (χ1) is 12.9. The lowest BCUT2D eigenvalue weighted by Crippen LogP contribution is -2.41. The maximum atomic E-state index is 12.5. The first kappa shape index (κ1) is 19.3. The quantitative estimate of drug-likeness (QED) is 0.716. The third-order valence-electron chi connectivity index (χ3n) is 5.15. The number of carbonyl (C=O) groups is 1. The van der Waals surface area contributed by atoms with Crippen LogP contribution in [0.1, 0.15) is 41.4 Å². The molecule has 27 heavy (non-hydrogen) atoms. The lowest BCUT2D eigenvalue weighted by atomic mass is 10.0. The predicted octanol–water partition coefficient (Wildman–Crippen LogP) is 1.39. The van der Waals surface area contributed by atoms with Crippen molar-refractivity contribution >= 4 is 5.91 Å². The summed E-state index contributed by atoms with van der Waals surface area (Å²) in [5.41, 5.74) is 9.94. The number of likely N-dealkylation sites (N-methyl/N-ethyl adjacent to an activating group) is 1. The third-order valence-corrected chi connectivity index (χ3v) is 5.15. The van der Waals surface area contributed by atoms with Crippen molar-refractivity contribution < 1.29 is 4.79 Å². The van der Waals surface area contributed by atoms with E-state index in [0.29, 0.717) is 25.1 Å². The molecule has 0 aliphatic carbocycles. The van der Waals surface area contributed by atoms with Crippen LogP contribution in [0.2, 0.25) is 0 Å². The zero-order valence-electron chi connectivity index (χ0n) is 16.1. The van der Waals surface area contributed by atoms with Gasteiger partial charge in [-0.2, -0.15) is 4.98 Å². The second kappa shape index (κ2) is 8.45. The normalized spacial score (nSPS) is 19.2. The second-order valence-corrected chi connectivity index (χ2v) is 7.19. The molecule has 1 saturated heterocycles. The number of carbonyl (C=O) groups excluding carboxylic acids is 1. The average Bonchev–Trinajstić information content (AvgIpc) is 3.09. The molecule has 144 valence electrons. The number of nitrogens with zero attached hydrogens (tertiary/aromatic N) is 2. The average molecular weight is 369 g/mol. The number of aromatic nitrogens is 2. The molecule has 7 heteroatoms. The van der Waals surface area contributed by atoms with Crippen LogP contribution in [0.4, 0.5) is 0 Å². The number of rotatable bonds is 6. The van der Waals surface area contributed by atoms with E-state index >= 15 is 0 Å². The van der Waals surface area contributed by atoms with Gasteiger partial charge in [0.2, 0.25) is 5.91 Å². The van der Waals surface area contributed by atoms with Crippen LogP contribution in [0, 0.1) is 13.8 Å². The van der Waals surface area contributed by atoms with Crippen LogP contribution in [-0.4, -0.2) is 40.4 Å². The number of aromatic amines is 1. The van der Waals surface area contributed by atoms with Crippen molar-refractivity contribution in [3.8, 4) is 0 Å². The molecule has 0 saturated carbocycles. The Balaban J connectivity index is 1.51. The standard InChI is InChI=1S/C20H27N5O2/c1-13-17(14(2)22-20(27)21-13)9-10-19(26)25(3)12-16-11-18(24-23-16)15-7-5-4-6-8-15/h4-8,16,18,23-24H,9-12H2,1-3H3,(H,21,22,27). The molecular formula is C20H27N5O2. The summed E-state index contributed by atoms with van der Waals surface area (Å²) >= 11 is 0. The van der Waals surface area contributed by atoms with E-state index in [2.05, 4.69) is 33.0 Å². The molecule has 1 fully saturated rings. The lowest BCUT2D eigenvalue weighted by molar-refractivity contribution is -0.130. The highest BCUT2D eigenvalue weighted by atomic mass is 16.2. The van der Waals surface area contributed by atoms with Gasteiger partial charge in [0, 0.05) is 43.5 Å². The molecule has 0 spiro atoms. The summed E-state index contributed by atoms with van der Waals surface area (Å²) in [6.07, 6.45) is 1.91. The fourth-order valence-electron chi connectivity index (χ4n) is 3.62. The van der Waals surface area contributed by atoms with Crippen LogP contribution in [0.3, 0.4) is 0 Å². The van der Waals surface area contributed by atoms with Gasteiger partial charge < -0.3 is 9.88 Å². The number of hydrazine groups is 1. The molecule has 3 rings (SSSR count). The molecule has 1 aliphatic heterocycles. The number of aryl methyl sites for hydroxylation is 2. The van der Waals surface area contributed by atoms with Crippen LogP contribution < -0.4 is 16.5 Å². The zero-order chi connectivity index (χ0) is 19.4. The van der Waals surface area contributed by atoms with Gasteiger partial charge in [-0.05, 0) is 37.8 Å². The van der Waals surface area contributed by atoms with Gasteiger partial charge in [0.25, 0.3) is 0 Å². The predicted molar refractivity (Wildman–Crippen MR) is 104 cm³/mol. The molecule has 1 aromatic carbocycles. The van der Waals surface area contributed by atoms with Crippen molar-refractivity contribution in [2.75, 3.05) is 13.6 Å². The molecule has 2 atom stereocenters. The molecule has 1 amide bonds. The Kier molecular flexibility index (Phi) is 6.03. The van der Waals surface area contributed by atoms with E-state index in [-0.39, 0.29) is 23.7 Å². The molecule has 2 unspecified atom stereocenters. The molecule has 1 aliphatic rings. The van der Waals surface area contributed by atoms with E-state index in [1.165, 1.54) is 5.56 Å². The molecule has 2 heterocycles. The summed E-state index contributed by atoms with van der Waals surface area (Å²) in [6, 6.07) is 10.8. The number of H-pyrrole nitrogens is 1. The van der Waals surface area contributed by atoms with Gasteiger partial charge in [0.05, 0.1) is 0 Å². The van der Waals surface area contributed by atoms with Crippen molar-refractivity contribution in [1.82, 2.24) is 25.7 Å². The minimum absolute atomic E-state index is 0.0879. The smallest absolute Gasteiger partial charge is 0.344 e. The maximum Gasteiger partial charge on any atom is 0.345 e. The SMILES string of the molecule is Cc1nc(=O)[nH]c(C)c1CCC(=O)N(C)CC1CC(c2ccccc2)NN1. The number of hydrogen-bond acceptors (Lipinski definition) is 5. The minimum Gasteiger partial charge on any atom is -0.344 e. The van der Waals surface area contributed by atoms with Gasteiger partial charge in [-0.25, -0.2) is 10.2 Å². The summed E-state index contributed by atoms with van der Waals surface area (Å²) in [5, 5.41) is 0. The molecular weight excluding hydrogens is 342 g/mol. The van der Waals surface area contributed by atoms with Crippen LogP contribution in [0.15, 0.2) is 35.1 Å². The van der Waals surface area contributed by atoms with Gasteiger partial charge in [-0.3, -0.25) is 10.2 Å². The van der Waals surface area contributed by atoms with E-state index in [9.17, 15) is 9.59 Å². The first-order valence-corrected chi connectivity index (χ1v) is 9.30. The van der Waals surface area contributed by atoms with E-state index in [0.717, 1.165) is 17.7 Å². The Hall–Kier alpha value is -2.51. The Morgan fingerprint density at radius 2 is 1.96 bits per heavy atom. The topological polar surface area (TPSA) is 90.1 Å². The zero-order valence-corrected chi connectivity index (χ0v) is 16.1. The molecule has 7 nitrogen and oxygen atoms in total. The van der Waals surface area contributed by atoms with Crippen molar-refractivity contribution in [3.05, 3.63) is 63.3 Å². The summed E-state index contributed by atoms with van der Waals surface area (Å²) in [7, 11) is 1.84. The largest absolute Gasteiger partial charge is 0.345 e. The minimum atomic E-state index is -0.343. The summed E-state index contributed by atoms with van der Waals surface area (Å²) in [4.78, 5) is 32.3. The Bertz CT molecular complexity index is 823. The molecule has 3 N–H and O–H groups in total. The number of benzene rings is 1. The fourth-order valence-corrected chi connectivity index (χ4v) is 3.62. The fraction of sp³-hybridized carbons (Fsp3) is 0.450. The van der Waals surface area contributed by atoms with Gasteiger partial charge in [-0.1, -0.05) is 30.3 Å². The van der Waals surface area contributed by atoms with Crippen LogP contribution in [0.5, 0.6) is 0 Å². The summed E-state index contributed by atoms with van der Waals surface area (Å²) in [6.45, 7) is 4.30. The second-order valence-electron chi connectivity index (χ2n) is 7.19. The van der Waals surface area contributed by atoms with E-state index < -0.39 is 0 Å². The monoisotopic (exact) mass is 369 g/mol. The highest BCUT2D eigenvalue weighted by Gasteiger charge is 2.26. The maximum absolute atomic E-state index is 12.5. The first-order valence-electron chi connectivity index (χ1n) is 9.30. The number of amides is 1. The molecule has 2 aromatic rings. The van der Waals surface area contributed by atoms with Crippen LogP contribution in [0.25, 0.3) is 0 Å². The van der Waals surface area contributed by atoms with Crippen molar-refractivity contribution in [2.24, 2.45) is 0 Å². The van der Waals surface area contributed by atoms with Crippen LogP contribution >= 0.6 is 0 Å². The Labute approximate surface area is 159 Å². The van der Waals surface area contributed by atoms with E-state index in [1.807, 2.05) is 39.1 Å². The highest BCUT2D eigenvalue weighted by molar-refractivity contribution is 5.76. The highest BCUT2D eigenvalue weighted by Crippen LogP contribution is 2.22. The Morgan fingerprint density at radius 3 is 2.67 bits per heavy atom. The Morgan fingerprint density at radius 1 is 1.22 bits per heavy atom. The van der Waals surface area contributed by atoms with E-state index in [1.54, 1.807) is 4.90 Å². The van der Waals surface area contributed by atoms with Crippen LogP contribution in [-0.2, 0) is 11.2 Å². The molecule has 1 aromatic heterocycles. The van der Waals surface area contributed by atoms with E-state index in [4.69, 9.17) is 0 Å². The summed E-state index contributed by atoms with van der Waals surface area (Å²) in [5.74, 6) is 0.0879. The summed E-state index contributed by atoms with van der Waals surface area (Å²) < 4.78 is 0. The van der Waals surface area contributed by atoms with Crippen molar-refractivity contribution in [2.45, 2.75) is 45.2 Å². The number of hydrogen-bond donors (Lipinski definition) is 3. The molecule has 0 bridgehead atoms. The van der Waals surface area contributed by atoms with Gasteiger partial charge in [-0.15, -0.1) is 0 Å². The lowest BCUT2D eigenvalue weighted by Gasteiger charge is -2.21. The number of nitrogens with one attached hydrogen (secondary N) is 3. The van der Waals surface area contributed by atoms with Gasteiger partial charge >= 0.3 is 5.69 Å².